The number of nitrogens with zero attached hydrogens (tertiary/aromatic N) is 3. The van der Waals surface area contributed by atoms with Gasteiger partial charge in [-0.05, 0) is 41.5 Å². The predicted molar refractivity (Wildman–Crippen MR) is 95.1 cm³/mol. The van der Waals surface area contributed by atoms with E-state index in [9.17, 15) is 5.11 Å². The highest BCUT2D eigenvalue weighted by atomic mass is 16.3. The van der Waals surface area contributed by atoms with Gasteiger partial charge in [-0.25, -0.2) is 0 Å². The maximum Gasteiger partial charge on any atom is 0.116 e. The highest BCUT2D eigenvalue weighted by Crippen LogP contribution is 2.41. The first-order valence-corrected chi connectivity index (χ1v) is 7.82. The minimum Gasteiger partial charge on any atom is -0.508 e. The van der Waals surface area contributed by atoms with Crippen molar-refractivity contribution in [3.05, 3.63) is 72.1 Å². The second kappa shape index (κ2) is 4.86. The van der Waals surface area contributed by atoms with Crippen LogP contribution in [0.5, 0.6) is 5.75 Å². The number of aliphatic imine (C=N–C) groups is 1. The van der Waals surface area contributed by atoms with Gasteiger partial charge in [-0.1, -0.05) is 18.2 Å². The lowest BCUT2D eigenvalue weighted by Gasteiger charge is -2.08. The summed E-state index contributed by atoms with van der Waals surface area (Å²) in [5.41, 5.74) is 5.85. The van der Waals surface area contributed by atoms with Crippen molar-refractivity contribution in [2.24, 2.45) is 4.99 Å². The third kappa shape index (κ3) is 1.83. The van der Waals surface area contributed by atoms with Gasteiger partial charge in [-0.2, -0.15) is 0 Å². The third-order valence-electron chi connectivity index (χ3n) is 4.48. The van der Waals surface area contributed by atoms with Crippen LogP contribution in [-0.2, 0) is 6.42 Å². The molecule has 4 nitrogen and oxygen atoms in total. The molecule has 3 heterocycles. The first-order valence-electron chi connectivity index (χ1n) is 7.82. The normalized spacial score (nSPS) is 13.2. The van der Waals surface area contributed by atoms with Crippen molar-refractivity contribution in [1.29, 1.82) is 0 Å². The summed E-state index contributed by atoms with van der Waals surface area (Å²) in [6.07, 6.45) is 4.32. The Labute approximate surface area is 138 Å². The highest BCUT2D eigenvalue weighted by molar-refractivity contribution is 6.18. The zero-order chi connectivity index (χ0) is 16.1. The molecule has 0 radical (unpaired) electrons. The summed E-state index contributed by atoms with van der Waals surface area (Å²) in [5, 5.41) is 11.9. The minimum atomic E-state index is 0.254. The number of rotatable bonds is 1. The molecule has 0 aliphatic carbocycles. The molecule has 0 atom stereocenters. The molecule has 4 aromatic rings. The largest absolute Gasteiger partial charge is 0.508 e. The van der Waals surface area contributed by atoms with E-state index in [4.69, 9.17) is 4.99 Å². The van der Waals surface area contributed by atoms with E-state index in [2.05, 4.69) is 16.0 Å². The lowest BCUT2D eigenvalue weighted by molar-refractivity contribution is 0.475. The molecule has 114 valence electrons. The van der Waals surface area contributed by atoms with Crippen LogP contribution in [0.25, 0.3) is 21.8 Å². The fourth-order valence-corrected chi connectivity index (χ4v) is 3.41. The van der Waals surface area contributed by atoms with Crippen molar-refractivity contribution in [1.82, 2.24) is 9.97 Å². The Morgan fingerprint density at radius 3 is 2.38 bits per heavy atom. The third-order valence-corrected chi connectivity index (χ3v) is 4.48. The molecule has 0 saturated carbocycles. The molecule has 1 aliphatic heterocycles. The lowest BCUT2D eigenvalue weighted by Crippen LogP contribution is -2.00. The molecule has 0 bridgehead atoms. The van der Waals surface area contributed by atoms with E-state index < -0.39 is 0 Å². The lowest BCUT2D eigenvalue weighted by atomic mass is 9.98. The van der Waals surface area contributed by atoms with Gasteiger partial charge in [0.1, 0.15) is 5.75 Å². The number of aromatic hydroxyl groups is 1. The van der Waals surface area contributed by atoms with Crippen molar-refractivity contribution in [3.8, 4) is 5.75 Å². The Morgan fingerprint density at radius 2 is 1.58 bits per heavy atom. The Morgan fingerprint density at radius 1 is 0.833 bits per heavy atom. The van der Waals surface area contributed by atoms with Crippen LogP contribution in [0.4, 0.5) is 5.69 Å². The summed E-state index contributed by atoms with van der Waals surface area (Å²) >= 11 is 0. The molecule has 0 saturated heterocycles. The first-order chi connectivity index (χ1) is 11.8. The van der Waals surface area contributed by atoms with Gasteiger partial charge in [0.25, 0.3) is 0 Å². The molecule has 2 aromatic carbocycles. The van der Waals surface area contributed by atoms with Crippen LogP contribution in [0.1, 0.15) is 11.1 Å². The summed E-state index contributed by atoms with van der Waals surface area (Å²) < 4.78 is 0. The maximum absolute atomic E-state index is 9.76. The number of fused-ring (bicyclic) bond motifs is 6. The van der Waals surface area contributed by atoms with Crippen LogP contribution in [-0.4, -0.2) is 20.8 Å². The van der Waals surface area contributed by atoms with Crippen molar-refractivity contribution in [2.45, 2.75) is 6.42 Å². The van der Waals surface area contributed by atoms with Crippen LogP contribution in [0, 0.1) is 0 Å². The van der Waals surface area contributed by atoms with Crippen molar-refractivity contribution in [3.63, 3.8) is 0 Å². The van der Waals surface area contributed by atoms with Gasteiger partial charge < -0.3 is 5.11 Å². The molecule has 4 heteroatoms. The van der Waals surface area contributed by atoms with Gasteiger partial charge in [0.2, 0.25) is 0 Å². The van der Waals surface area contributed by atoms with Gasteiger partial charge in [-0.3, -0.25) is 15.0 Å². The smallest absolute Gasteiger partial charge is 0.116 e. The van der Waals surface area contributed by atoms with Crippen LogP contribution in [0.3, 0.4) is 0 Å². The number of benzene rings is 2. The number of phenols is 1. The van der Waals surface area contributed by atoms with E-state index in [1.54, 1.807) is 24.5 Å². The maximum atomic E-state index is 9.76. The van der Waals surface area contributed by atoms with E-state index in [0.717, 1.165) is 45.2 Å². The van der Waals surface area contributed by atoms with Gasteiger partial charge in [0.05, 0.1) is 22.4 Å². The number of hydrogen-bond acceptors (Lipinski definition) is 4. The molecule has 1 N–H and O–H groups in total. The molecule has 0 amide bonds. The Balaban J connectivity index is 1.82. The number of phenolic OH excluding ortho intramolecular Hbond substituents is 1. The summed E-state index contributed by atoms with van der Waals surface area (Å²) in [5.74, 6) is 0.254. The van der Waals surface area contributed by atoms with Gasteiger partial charge in [0.15, 0.2) is 0 Å². The van der Waals surface area contributed by atoms with Gasteiger partial charge in [-0.15, -0.1) is 0 Å². The van der Waals surface area contributed by atoms with Crippen LogP contribution >= 0.6 is 0 Å². The molecule has 0 fully saturated rings. The van der Waals surface area contributed by atoms with Crippen molar-refractivity contribution >= 4 is 33.2 Å². The number of hydrogen-bond donors (Lipinski definition) is 1. The summed E-state index contributed by atoms with van der Waals surface area (Å²) in [6.45, 7) is 0. The molecule has 1 aliphatic rings. The Hall–Kier alpha value is -3.27. The van der Waals surface area contributed by atoms with Crippen molar-refractivity contribution < 1.29 is 5.11 Å². The first kappa shape index (κ1) is 13.2. The average molecular weight is 311 g/mol. The molecule has 0 spiro atoms. The van der Waals surface area contributed by atoms with Crippen LogP contribution in [0.15, 0.2) is 65.9 Å². The number of aromatic nitrogens is 2. The van der Waals surface area contributed by atoms with Crippen LogP contribution in [0.2, 0.25) is 0 Å². The predicted octanol–water partition coefficient (Wildman–Crippen LogP) is 4.17. The highest BCUT2D eigenvalue weighted by Gasteiger charge is 2.23. The summed E-state index contributed by atoms with van der Waals surface area (Å²) in [4.78, 5) is 14.0. The molecule has 24 heavy (non-hydrogen) atoms. The Bertz CT molecular complexity index is 1150. The molecule has 2 aromatic heterocycles. The zero-order valence-corrected chi connectivity index (χ0v) is 12.8. The fourth-order valence-electron chi connectivity index (χ4n) is 3.41. The van der Waals surface area contributed by atoms with Gasteiger partial charge >= 0.3 is 0 Å². The standard InChI is InChI=1S/C20H13N3O/c24-13-5-1-4-12(10-13)17-11-16-14-6-2-8-21-19(14)20-15(18(16)23-17)7-3-9-22-20/h1-10,24H,11H2. The van der Waals surface area contributed by atoms with E-state index in [0.29, 0.717) is 0 Å². The fraction of sp³-hybridized carbons (Fsp3) is 0.0500. The van der Waals surface area contributed by atoms with E-state index >= 15 is 0 Å². The summed E-state index contributed by atoms with van der Waals surface area (Å²) in [6, 6.07) is 15.3. The minimum absolute atomic E-state index is 0.254. The zero-order valence-electron chi connectivity index (χ0n) is 12.8. The second-order valence-electron chi connectivity index (χ2n) is 5.91. The molecular formula is C20H13N3O. The average Bonchev–Trinajstić information content (AvgIpc) is 3.08. The molecule has 5 rings (SSSR count). The second-order valence-corrected chi connectivity index (χ2v) is 5.91. The SMILES string of the molecule is Oc1cccc(C2=Nc3c(c4cccnc4c4ncccc34)C2)c1. The summed E-state index contributed by atoms with van der Waals surface area (Å²) in [7, 11) is 0. The van der Waals surface area contributed by atoms with E-state index in [1.807, 2.05) is 30.3 Å². The molecule has 0 unspecified atom stereocenters. The number of pyridine rings is 2. The Kier molecular flexibility index (Phi) is 2.67. The van der Waals surface area contributed by atoms with E-state index in [-0.39, 0.29) is 5.75 Å². The quantitative estimate of drug-likeness (QED) is 0.537. The van der Waals surface area contributed by atoms with Crippen LogP contribution < -0.4 is 0 Å². The van der Waals surface area contributed by atoms with Gasteiger partial charge in [0, 0.05) is 29.6 Å². The monoisotopic (exact) mass is 311 g/mol. The molecular weight excluding hydrogens is 298 g/mol. The van der Waals surface area contributed by atoms with Crippen molar-refractivity contribution in [2.75, 3.05) is 0 Å². The van der Waals surface area contributed by atoms with E-state index in [1.165, 1.54) is 5.56 Å². The topological polar surface area (TPSA) is 58.4 Å².